The van der Waals surface area contributed by atoms with Gasteiger partial charge in [0.1, 0.15) is 0 Å². The van der Waals surface area contributed by atoms with Gasteiger partial charge >= 0.3 is 5.97 Å². The van der Waals surface area contributed by atoms with E-state index in [0.29, 0.717) is 6.61 Å². The Morgan fingerprint density at radius 1 is 0.842 bits per heavy atom. The molecule has 1 aliphatic rings. The van der Waals surface area contributed by atoms with Crippen LogP contribution in [0.2, 0.25) is 0 Å². The Labute approximate surface area is 111 Å². The summed E-state index contributed by atoms with van der Waals surface area (Å²) in [7, 11) is 0. The number of hydrogen-bond acceptors (Lipinski definition) is 3. The zero-order valence-corrected chi connectivity index (χ0v) is 10.4. The van der Waals surface area contributed by atoms with Crippen LogP contribution >= 0.6 is 0 Å². The van der Waals surface area contributed by atoms with Gasteiger partial charge in [-0.2, -0.15) is 0 Å². The molecule has 1 aliphatic heterocycles. The van der Waals surface area contributed by atoms with Gasteiger partial charge in [-0.3, -0.25) is 0 Å². The Morgan fingerprint density at radius 2 is 1.42 bits per heavy atom. The van der Waals surface area contributed by atoms with E-state index in [4.69, 9.17) is 9.47 Å². The van der Waals surface area contributed by atoms with Gasteiger partial charge in [0, 0.05) is 0 Å². The van der Waals surface area contributed by atoms with Crippen molar-refractivity contribution >= 4 is 5.97 Å². The Hall–Kier alpha value is -2.13. The molecule has 3 heteroatoms. The highest BCUT2D eigenvalue weighted by atomic mass is 16.6. The van der Waals surface area contributed by atoms with Crippen LogP contribution in [0.1, 0.15) is 23.3 Å². The largest absolute Gasteiger partial charge is 0.453 e. The quantitative estimate of drug-likeness (QED) is 0.773. The van der Waals surface area contributed by atoms with Gasteiger partial charge in [0.2, 0.25) is 0 Å². The lowest BCUT2D eigenvalue weighted by atomic mass is 10.1. The molecule has 0 aliphatic carbocycles. The maximum absolute atomic E-state index is 12.0. The predicted octanol–water partition coefficient (Wildman–Crippen LogP) is 3.04. The van der Waals surface area contributed by atoms with Gasteiger partial charge in [-0.05, 0) is 11.1 Å². The van der Waals surface area contributed by atoms with Gasteiger partial charge in [0.25, 0.3) is 0 Å². The van der Waals surface area contributed by atoms with Crippen LogP contribution in [0.25, 0.3) is 0 Å². The molecule has 0 bridgehead atoms. The summed E-state index contributed by atoms with van der Waals surface area (Å²) in [5.41, 5.74) is 1.79. The number of esters is 1. The first kappa shape index (κ1) is 11.9. The Balaban J connectivity index is 1.75. The van der Waals surface area contributed by atoms with Gasteiger partial charge in [-0.25, -0.2) is 4.79 Å². The number of carbonyl (C=O) groups is 1. The molecule has 1 saturated heterocycles. The predicted molar refractivity (Wildman–Crippen MR) is 70.4 cm³/mol. The monoisotopic (exact) mass is 254 g/mol. The standard InChI is InChI=1S/C16H14O3/c17-16-15(13-9-5-2-6-10-13)18-11-14(19-16)12-7-3-1-4-8-12/h1-10,14-15H,11H2. The average Bonchev–Trinajstić information content (AvgIpc) is 2.49. The second-order valence-corrected chi connectivity index (χ2v) is 4.46. The third-order valence-electron chi connectivity index (χ3n) is 3.16. The molecule has 2 unspecified atom stereocenters. The maximum atomic E-state index is 12.0. The third kappa shape index (κ3) is 2.51. The molecule has 19 heavy (non-hydrogen) atoms. The number of cyclic esters (lactones) is 1. The van der Waals surface area contributed by atoms with Crippen LogP contribution in [0, 0.1) is 0 Å². The topological polar surface area (TPSA) is 35.5 Å². The minimum Gasteiger partial charge on any atom is -0.453 e. The molecule has 1 fully saturated rings. The van der Waals surface area contributed by atoms with Crippen LogP contribution in [-0.4, -0.2) is 12.6 Å². The molecule has 0 saturated carbocycles. The van der Waals surface area contributed by atoms with E-state index < -0.39 is 6.10 Å². The molecule has 3 rings (SSSR count). The number of ether oxygens (including phenoxy) is 2. The summed E-state index contributed by atoms with van der Waals surface area (Å²) >= 11 is 0. The third-order valence-corrected chi connectivity index (χ3v) is 3.16. The van der Waals surface area contributed by atoms with Crippen LogP contribution in [0.15, 0.2) is 60.7 Å². The van der Waals surface area contributed by atoms with Gasteiger partial charge < -0.3 is 9.47 Å². The van der Waals surface area contributed by atoms with E-state index in [-0.39, 0.29) is 12.1 Å². The van der Waals surface area contributed by atoms with Crippen molar-refractivity contribution < 1.29 is 14.3 Å². The molecule has 2 aromatic carbocycles. The van der Waals surface area contributed by atoms with Gasteiger partial charge in [-0.15, -0.1) is 0 Å². The fourth-order valence-corrected chi connectivity index (χ4v) is 2.18. The van der Waals surface area contributed by atoms with Crippen molar-refractivity contribution in [1.29, 1.82) is 0 Å². The van der Waals surface area contributed by atoms with Crippen molar-refractivity contribution in [2.24, 2.45) is 0 Å². The highest BCUT2D eigenvalue weighted by Gasteiger charge is 2.32. The normalized spacial score (nSPS) is 22.8. The highest BCUT2D eigenvalue weighted by molar-refractivity contribution is 5.77. The Morgan fingerprint density at radius 3 is 2.00 bits per heavy atom. The molecule has 0 spiro atoms. The number of hydrogen-bond donors (Lipinski definition) is 0. The zero-order chi connectivity index (χ0) is 13.1. The first-order valence-corrected chi connectivity index (χ1v) is 6.26. The zero-order valence-electron chi connectivity index (χ0n) is 10.4. The van der Waals surface area contributed by atoms with Crippen LogP contribution in [-0.2, 0) is 14.3 Å². The summed E-state index contributed by atoms with van der Waals surface area (Å²) in [6.07, 6.45) is -0.921. The van der Waals surface area contributed by atoms with E-state index in [2.05, 4.69) is 0 Å². The molecule has 0 radical (unpaired) electrons. The SMILES string of the molecule is O=C1OC(c2ccccc2)COC1c1ccccc1. The second kappa shape index (κ2) is 5.24. The molecule has 0 amide bonds. The first-order chi connectivity index (χ1) is 9.34. The maximum Gasteiger partial charge on any atom is 0.340 e. The smallest absolute Gasteiger partial charge is 0.340 e. The highest BCUT2D eigenvalue weighted by Crippen LogP contribution is 2.30. The fourth-order valence-electron chi connectivity index (χ4n) is 2.18. The van der Waals surface area contributed by atoms with Crippen molar-refractivity contribution in [3.05, 3.63) is 71.8 Å². The molecular formula is C16H14O3. The van der Waals surface area contributed by atoms with Crippen LogP contribution in [0.5, 0.6) is 0 Å². The lowest BCUT2D eigenvalue weighted by Gasteiger charge is -2.28. The molecule has 0 N–H and O–H groups in total. The fraction of sp³-hybridized carbons (Fsp3) is 0.188. The van der Waals surface area contributed by atoms with E-state index in [1.165, 1.54) is 0 Å². The van der Waals surface area contributed by atoms with E-state index in [9.17, 15) is 4.79 Å². The molecule has 3 nitrogen and oxygen atoms in total. The number of rotatable bonds is 2. The van der Waals surface area contributed by atoms with Gasteiger partial charge in [0.15, 0.2) is 12.2 Å². The molecule has 1 heterocycles. The van der Waals surface area contributed by atoms with Crippen molar-refractivity contribution in [1.82, 2.24) is 0 Å². The van der Waals surface area contributed by atoms with E-state index in [1.807, 2.05) is 60.7 Å². The summed E-state index contributed by atoms with van der Waals surface area (Å²) in [4.78, 5) is 12.0. The van der Waals surface area contributed by atoms with Gasteiger partial charge in [0.05, 0.1) is 6.61 Å². The van der Waals surface area contributed by atoms with Crippen molar-refractivity contribution in [2.45, 2.75) is 12.2 Å². The number of carbonyl (C=O) groups excluding carboxylic acids is 1. The average molecular weight is 254 g/mol. The molecule has 96 valence electrons. The lowest BCUT2D eigenvalue weighted by molar-refractivity contribution is -0.185. The summed E-state index contributed by atoms with van der Waals surface area (Å²) in [5.74, 6) is -0.327. The Bertz CT molecular complexity index is 551. The lowest BCUT2D eigenvalue weighted by Crippen LogP contribution is -2.30. The Kier molecular flexibility index (Phi) is 3.29. The van der Waals surface area contributed by atoms with Crippen LogP contribution in [0.4, 0.5) is 0 Å². The first-order valence-electron chi connectivity index (χ1n) is 6.26. The van der Waals surface area contributed by atoms with Crippen molar-refractivity contribution in [3.8, 4) is 0 Å². The second-order valence-electron chi connectivity index (χ2n) is 4.46. The summed E-state index contributed by atoms with van der Waals surface area (Å²) in [6, 6.07) is 19.1. The molecule has 2 atom stereocenters. The minimum atomic E-state index is -0.610. The van der Waals surface area contributed by atoms with Crippen LogP contribution < -0.4 is 0 Å². The summed E-state index contributed by atoms with van der Waals surface area (Å²) in [5, 5.41) is 0. The summed E-state index contributed by atoms with van der Waals surface area (Å²) in [6.45, 7) is 0.384. The molecular weight excluding hydrogens is 240 g/mol. The van der Waals surface area contributed by atoms with E-state index >= 15 is 0 Å². The number of benzene rings is 2. The van der Waals surface area contributed by atoms with Gasteiger partial charge in [-0.1, -0.05) is 60.7 Å². The minimum absolute atomic E-state index is 0.311. The van der Waals surface area contributed by atoms with Crippen LogP contribution in [0.3, 0.4) is 0 Å². The molecule has 0 aromatic heterocycles. The van der Waals surface area contributed by atoms with E-state index in [0.717, 1.165) is 11.1 Å². The van der Waals surface area contributed by atoms with E-state index in [1.54, 1.807) is 0 Å². The molecule has 2 aromatic rings. The van der Waals surface area contributed by atoms with Crippen molar-refractivity contribution in [3.63, 3.8) is 0 Å². The summed E-state index contributed by atoms with van der Waals surface area (Å²) < 4.78 is 11.1. The van der Waals surface area contributed by atoms with Crippen molar-refractivity contribution in [2.75, 3.05) is 6.61 Å².